The highest BCUT2D eigenvalue weighted by Crippen LogP contribution is 2.44. The summed E-state index contributed by atoms with van der Waals surface area (Å²) in [5.74, 6) is -3.55. The average Bonchev–Trinajstić information content (AvgIpc) is 2.99. The zero-order valence-corrected chi connectivity index (χ0v) is 14.7. The summed E-state index contributed by atoms with van der Waals surface area (Å²) in [7, 11) is 0. The highest BCUT2D eigenvalue weighted by molar-refractivity contribution is 5.82. The molecule has 2 atom stereocenters. The number of carboxylic acid groups (broad SMARTS) is 2. The van der Waals surface area contributed by atoms with Crippen molar-refractivity contribution in [3.05, 3.63) is 59.7 Å². The van der Waals surface area contributed by atoms with Crippen LogP contribution in [0, 0.1) is 0 Å². The van der Waals surface area contributed by atoms with E-state index in [0.717, 1.165) is 22.3 Å². The summed E-state index contributed by atoms with van der Waals surface area (Å²) in [4.78, 5) is 33.7. The number of hydrogen-bond acceptors (Lipinski definition) is 4. The number of rotatable bonds is 7. The number of ether oxygens (including phenoxy) is 1. The average molecular weight is 387 g/mol. The zero-order chi connectivity index (χ0) is 20.3. The van der Waals surface area contributed by atoms with Crippen LogP contribution in [-0.4, -0.2) is 47.1 Å². The monoisotopic (exact) mass is 387 g/mol. The standard InChI is InChI=1S/C20H18FNO6/c21-16(18(23)24)9-17(19(25)26)22-20(27)28-10-15-13-7-3-1-5-11(13)12-6-2-4-8-14(12)15/h1-8,15-17H,9-10H2,(H,22,27)(H,23,24)(H,25,26)/t16-,17-/m0/s1. The minimum atomic E-state index is -2.41. The van der Waals surface area contributed by atoms with Crippen molar-refractivity contribution in [1.29, 1.82) is 0 Å². The second-order valence-electron chi connectivity index (χ2n) is 6.40. The van der Waals surface area contributed by atoms with Crippen LogP contribution in [0.2, 0.25) is 0 Å². The molecule has 0 spiro atoms. The summed E-state index contributed by atoms with van der Waals surface area (Å²) in [5, 5.41) is 19.6. The number of alkyl halides is 1. The molecule has 3 N–H and O–H groups in total. The molecule has 2 aromatic carbocycles. The van der Waals surface area contributed by atoms with Gasteiger partial charge in [0.05, 0.1) is 0 Å². The molecule has 0 saturated heterocycles. The molecule has 1 aliphatic carbocycles. The van der Waals surface area contributed by atoms with Gasteiger partial charge in [0.25, 0.3) is 0 Å². The Kier molecular flexibility index (Phi) is 5.58. The molecule has 146 valence electrons. The van der Waals surface area contributed by atoms with Crippen molar-refractivity contribution in [2.75, 3.05) is 6.61 Å². The molecule has 1 amide bonds. The minimum Gasteiger partial charge on any atom is -0.480 e. The summed E-state index contributed by atoms with van der Waals surface area (Å²) in [6, 6.07) is 13.7. The van der Waals surface area contributed by atoms with Gasteiger partial charge in [0.1, 0.15) is 12.6 Å². The first-order valence-corrected chi connectivity index (χ1v) is 8.59. The fourth-order valence-electron chi connectivity index (χ4n) is 3.31. The Morgan fingerprint density at radius 2 is 1.50 bits per heavy atom. The number of benzene rings is 2. The van der Waals surface area contributed by atoms with E-state index in [1.807, 2.05) is 53.8 Å². The fraction of sp³-hybridized carbons (Fsp3) is 0.250. The van der Waals surface area contributed by atoms with Crippen molar-refractivity contribution >= 4 is 18.0 Å². The van der Waals surface area contributed by atoms with Crippen LogP contribution in [0.4, 0.5) is 9.18 Å². The molecule has 0 saturated carbocycles. The van der Waals surface area contributed by atoms with E-state index >= 15 is 0 Å². The van der Waals surface area contributed by atoms with E-state index in [4.69, 9.17) is 14.9 Å². The van der Waals surface area contributed by atoms with Crippen molar-refractivity contribution in [2.24, 2.45) is 0 Å². The SMILES string of the molecule is O=C(N[C@@H](C[C@H](F)C(=O)O)C(=O)O)OCC1c2ccccc2-c2ccccc21. The number of fused-ring (bicyclic) bond motifs is 3. The molecule has 0 fully saturated rings. The summed E-state index contributed by atoms with van der Waals surface area (Å²) in [6.45, 7) is -0.0375. The number of carbonyl (C=O) groups is 3. The predicted molar refractivity (Wildman–Crippen MR) is 96.8 cm³/mol. The van der Waals surface area contributed by atoms with Gasteiger partial charge in [0.15, 0.2) is 6.17 Å². The normalized spacial score (nSPS) is 14.5. The Bertz CT molecular complexity index is 870. The third-order valence-corrected chi connectivity index (χ3v) is 4.64. The van der Waals surface area contributed by atoms with Crippen LogP contribution in [-0.2, 0) is 14.3 Å². The van der Waals surface area contributed by atoms with Crippen LogP contribution in [0.1, 0.15) is 23.5 Å². The van der Waals surface area contributed by atoms with Gasteiger partial charge in [-0.05, 0) is 22.3 Å². The third kappa shape index (κ3) is 3.95. The maximum atomic E-state index is 13.3. The zero-order valence-electron chi connectivity index (χ0n) is 14.7. The molecule has 28 heavy (non-hydrogen) atoms. The lowest BCUT2D eigenvalue weighted by atomic mass is 9.98. The highest BCUT2D eigenvalue weighted by atomic mass is 19.1. The number of carbonyl (C=O) groups excluding carboxylic acids is 1. The number of amides is 1. The van der Waals surface area contributed by atoms with Gasteiger partial charge >= 0.3 is 18.0 Å². The van der Waals surface area contributed by atoms with E-state index in [0.29, 0.717) is 0 Å². The molecule has 2 aromatic rings. The van der Waals surface area contributed by atoms with Gasteiger partial charge in [-0.15, -0.1) is 0 Å². The second-order valence-corrected chi connectivity index (χ2v) is 6.40. The van der Waals surface area contributed by atoms with Crippen molar-refractivity contribution < 1.29 is 33.7 Å². The third-order valence-electron chi connectivity index (χ3n) is 4.64. The van der Waals surface area contributed by atoms with Crippen LogP contribution < -0.4 is 5.32 Å². The molecule has 8 heteroatoms. The molecule has 0 bridgehead atoms. The lowest BCUT2D eigenvalue weighted by Crippen LogP contribution is -2.44. The number of alkyl carbamates (subject to hydrolysis) is 1. The van der Waals surface area contributed by atoms with Crippen molar-refractivity contribution in [3.63, 3.8) is 0 Å². The first-order valence-electron chi connectivity index (χ1n) is 8.59. The van der Waals surface area contributed by atoms with E-state index in [9.17, 15) is 18.8 Å². The maximum Gasteiger partial charge on any atom is 0.407 e. The Labute approximate surface area is 159 Å². The summed E-state index contributed by atoms with van der Waals surface area (Å²) in [5.41, 5.74) is 4.05. The molecule has 0 aliphatic heterocycles. The van der Waals surface area contributed by atoms with Crippen molar-refractivity contribution in [3.8, 4) is 11.1 Å². The van der Waals surface area contributed by atoms with Crippen LogP contribution in [0.3, 0.4) is 0 Å². The molecule has 0 aromatic heterocycles. The first kappa shape index (κ1) is 19.3. The lowest BCUT2D eigenvalue weighted by Gasteiger charge is -2.17. The molecular formula is C20H18FNO6. The summed E-state index contributed by atoms with van der Waals surface area (Å²) >= 11 is 0. The highest BCUT2D eigenvalue weighted by Gasteiger charge is 2.31. The Morgan fingerprint density at radius 1 is 0.964 bits per heavy atom. The molecule has 0 radical (unpaired) electrons. The quantitative estimate of drug-likeness (QED) is 0.673. The lowest BCUT2D eigenvalue weighted by molar-refractivity contribution is -0.145. The number of carboxylic acids is 2. The van der Waals surface area contributed by atoms with Crippen molar-refractivity contribution in [1.82, 2.24) is 5.32 Å². The van der Waals surface area contributed by atoms with Gasteiger partial charge in [0, 0.05) is 12.3 Å². The van der Waals surface area contributed by atoms with Gasteiger partial charge in [-0.25, -0.2) is 18.8 Å². The first-order chi connectivity index (χ1) is 13.4. The minimum absolute atomic E-state index is 0.0375. The summed E-state index contributed by atoms with van der Waals surface area (Å²) in [6.07, 6.45) is -4.35. The van der Waals surface area contributed by atoms with Gasteiger partial charge < -0.3 is 20.3 Å². The Morgan fingerprint density at radius 3 is 2.00 bits per heavy atom. The van der Waals surface area contributed by atoms with Crippen LogP contribution in [0.5, 0.6) is 0 Å². The summed E-state index contributed by atoms with van der Waals surface area (Å²) < 4.78 is 18.5. The predicted octanol–water partition coefficient (Wildman–Crippen LogP) is 2.79. The largest absolute Gasteiger partial charge is 0.480 e. The maximum absolute atomic E-state index is 13.3. The van der Waals surface area contributed by atoms with E-state index in [1.165, 1.54) is 0 Å². The van der Waals surface area contributed by atoms with Gasteiger partial charge in [0.2, 0.25) is 0 Å². The van der Waals surface area contributed by atoms with Gasteiger partial charge in [-0.1, -0.05) is 48.5 Å². The topological polar surface area (TPSA) is 113 Å². The van der Waals surface area contributed by atoms with Crippen LogP contribution in [0.15, 0.2) is 48.5 Å². The van der Waals surface area contributed by atoms with E-state index in [2.05, 4.69) is 0 Å². The number of aliphatic carboxylic acids is 2. The van der Waals surface area contributed by atoms with E-state index < -0.39 is 36.7 Å². The molecule has 0 unspecified atom stereocenters. The van der Waals surface area contributed by atoms with Gasteiger partial charge in [-0.2, -0.15) is 0 Å². The van der Waals surface area contributed by atoms with E-state index in [1.54, 1.807) is 0 Å². The Balaban J connectivity index is 1.67. The second kappa shape index (κ2) is 8.08. The molecule has 7 nitrogen and oxygen atoms in total. The smallest absolute Gasteiger partial charge is 0.407 e. The molecular weight excluding hydrogens is 369 g/mol. The molecule has 0 heterocycles. The Hall–Kier alpha value is -3.42. The van der Waals surface area contributed by atoms with Gasteiger partial charge in [-0.3, -0.25) is 0 Å². The fourth-order valence-corrected chi connectivity index (χ4v) is 3.31. The molecule has 3 rings (SSSR count). The van der Waals surface area contributed by atoms with Crippen LogP contribution >= 0.6 is 0 Å². The number of halogens is 1. The van der Waals surface area contributed by atoms with Crippen molar-refractivity contribution in [2.45, 2.75) is 24.6 Å². The van der Waals surface area contributed by atoms with Crippen LogP contribution in [0.25, 0.3) is 11.1 Å². The van der Waals surface area contributed by atoms with E-state index in [-0.39, 0.29) is 12.5 Å². The number of hydrogen-bond donors (Lipinski definition) is 3. The molecule has 1 aliphatic rings. The number of nitrogens with one attached hydrogen (secondary N) is 1.